The number of carbonyl (C=O) groups is 2. The van der Waals surface area contributed by atoms with Gasteiger partial charge in [0, 0.05) is 16.8 Å². The molecule has 0 aliphatic heterocycles. The van der Waals surface area contributed by atoms with Crippen molar-refractivity contribution in [2.45, 2.75) is 0 Å². The molecule has 0 spiro atoms. The zero-order valence-corrected chi connectivity index (χ0v) is 15.0. The van der Waals surface area contributed by atoms with Crippen molar-refractivity contribution in [1.29, 1.82) is 0 Å². The Hall–Kier alpha value is -2.41. The lowest BCUT2D eigenvalue weighted by Crippen LogP contribution is -2.34. The number of hydrogen-bond acceptors (Lipinski definition) is 3. The van der Waals surface area contributed by atoms with E-state index < -0.39 is 11.9 Å². The Morgan fingerprint density at radius 2 is 1.88 bits per heavy atom. The number of benzene rings is 2. The summed E-state index contributed by atoms with van der Waals surface area (Å²) in [6.07, 6.45) is 2.47. The maximum atomic E-state index is 12.2. The number of halogens is 2. The van der Waals surface area contributed by atoms with Gasteiger partial charge >= 0.3 is 5.97 Å². The number of rotatable bonds is 4. The first kappa shape index (κ1) is 18.9. The van der Waals surface area contributed by atoms with Crippen molar-refractivity contribution in [3.05, 3.63) is 69.7 Å². The second kappa shape index (κ2) is 8.62. The Labute approximate surface area is 159 Å². The topological polar surface area (TPSA) is 78.4 Å². The predicted molar refractivity (Wildman–Crippen MR) is 103 cm³/mol. The minimum absolute atomic E-state index is 0.0698. The smallest absolute Gasteiger partial charge is 0.328 e. The third kappa shape index (κ3) is 5.86. The zero-order chi connectivity index (χ0) is 18.4. The molecule has 0 bridgehead atoms. The van der Waals surface area contributed by atoms with Gasteiger partial charge in [-0.05, 0) is 54.2 Å². The van der Waals surface area contributed by atoms with Gasteiger partial charge in [0.25, 0.3) is 5.91 Å². The van der Waals surface area contributed by atoms with Crippen molar-refractivity contribution in [3.63, 3.8) is 0 Å². The standard InChI is InChI=1S/C17H12Cl2N2O3S/c18-11-5-6-14(19)13(9-11)16(24)21-17(25)20-12-3-1-2-10(8-12)4-7-15(22)23/h1-9H,(H,22,23)(H2,20,21,24,25)/b7-4+. The Morgan fingerprint density at radius 1 is 1.12 bits per heavy atom. The highest BCUT2D eigenvalue weighted by Gasteiger charge is 2.12. The quantitative estimate of drug-likeness (QED) is 0.534. The summed E-state index contributed by atoms with van der Waals surface area (Å²) in [5.41, 5.74) is 1.46. The fourth-order valence-electron chi connectivity index (χ4n) is 1.89. The molecule has 0 fully saturated rings. The van der Waals surface area contributed by atoms with Crippen LogP contribution in [0.4, 0.5) is 5.69 Å². The third-order valence-corrected chi connectivity index (χ3v) is 3.73. The monoisotopic (exact) mass is 394 g/mol. The molecule has 0 saturated heterocycles. The molecule has 2 rings (SSSR count). The molecule has 5 nitrogen and oxygen atoms in total. The van der Waals surface area contributed by atoms with Gasteiger partial charge in [0.05, 0.1) is 10.6 Å². The van der Waals surface area contributed by atoms with Crippen LogP contribution in [0.1, 0.15) is 15.9 Å². The summed E-state index contributed by atoms with van der Waals surface area (Å²) in [5.74, 6) is -1.54. The second-order valence-corrected chi connectivity index (χ2v) is 6.08. The van der Waals surface area contributed by atoms with Crippen molar-refractivity contribution in [1.82, 2.24) is 5.32 Å². The van der Waals surface area contributed by atoms with Crippen LogP contribution in [0.3, 0.4) is 0 Å². The van der Waals surface area contributed by atoms with E-state index in [1.807, 2.05) is 0 Å². The van der Waals surface area contributed by atoms with E-state index in [4.69, 9.17) is 40.5 Å². The largest absolute Gasteiger partial charge is 0.478 e. The molecule has 0 saturated carbocycles. The van der Waals surface area contributed by atoms with E-state index >= 15 is 0 Å². The number of carboxylic acid groups (broad SMARTS) is 1. The van der Waals surface area contributed by atoms with Gasteiger partial charge in [-0.25, -0.2) is 4.79 Å². The van der Waals surface area contributed by atoms with E-state index in [0.717, 1.165) is 6.08 Å². The van der Waals surface area contributed by atoms with Crippen molar-refractivity contribution < 1.29 is 14.7 Å². The lowest BCUT2D eigenvalue weighted by molar-refractivity contribution is -0.131. The van der Waals surface area contributed by atoms with Crippen LogP contribution in [0.2, 0.25) is 10.0 Å². The minimum Gasteiger partial charge on any atom is -0.478 e. The van der Waals surface area contributed by atoms with Gasteiger partial charge in [-0.15, -0.1) is 0 Å². The molecule has 2 aromatic carbocycles. The maximum Gasteiger partial charge on any atom is 0.328 e. The van der Waals surface area contributed by atoms with E-state index in [1.54, 1.807) is 30.3 Å². The van der Waals surface area contributed by atoms with Crippen LogP contribution < -0.4 is 10.6 Å². The minimum atomic E-state index is -1.04. The molecule has 0 aliphatic rings. The van der Waals surface area contributed by atoms with Gasteiger partial charge < -0.3 is 10.4 Å². The summed E-state index contributed by atoms with van der Waals surface area (Å²) in [7, 11) is 0. The highest BCUT2D eigenvalue weighted by Crippen LogP contribution is 2.20. The van der Waals surface area contributed by atoms with E-state index in [0.29, 0.717) is 16.3 Å². The van der Waals surface area contributed by atoms with Gasteiger partial charge in [0.15, 0.2) is 5.11 Å². The summed E-state index contributed by atoms with van der Waals surface area (Å²) in [6, 6.07) is 11.4. The van der Waals surface area contributed by atoms with E-state index in [9.17, 15) is 9.59 Å². The Kier molecular flexibility index (Phi) is 6.52. The van der Waals surface area contributed by atoms with Crippen LogP contribution in [0.15, 0.2) is 48.5 Å². The first-order valence-electron chi connectivity index (χ1n) is 6.93. The van der Waals surface area contributed by atoms with Crippen molar-refractivity contribution in [2.24, 2.45) is 0 Å². The molecule has 0 aliphatic carbocycles. The van der Waals surface area contributed by atoms with Crippen LogP contribution in [0, 0.1) is 0 Å². The molecule has 0 heterocycles. The number of anilines is 1. The SMILES string of the molecule is O=C(O)/C=C/c1cccc(NC(=S)NC(=O)c2cc(Cl)ccc2Cl)c1. The van der Waals surface area contributed by atoms with Gasteiger partial charge in [-0.2, -0.15) is 0 Å². The number of nitrogens with one attached hydrogen (secondary N) is 2. The van der Waals surface area contributed by atoms with Crippen molar-refractivity contribution >= 4 is 64.2 Å². The molecule has 0 unspecified atom stereocenters. The van der Waals surface area contributed by atoms with E-state index in [-0.39, 0.29) is 15.7 Å². The number of aliphatic carboxylic acids is 1. The van der Waals surface area contributed by atoms with E-state index in [1.165, 1.54) is 18.2 Å². The van der Waals surface area contributed by atoms with Crippen molar-refractivity contribution in [3.8, 4) is 0 Å². The van der Waals surface area contributed by atoms with Crippen LogP contribution in [0.25, 0.3) is 6.08 Å². The molecule has 25 heavy (non-hydrogen) atoms. The fraction of sp³-hybridized carbons (Fsp3) is 0. The number of thiocarbonyl (C=S) groups is 1. The molecule has 2 aromatic rings. The lowest BCUT2D eigenvalue weighted by Gasteiger charge is -2.11. The average molecular weight is 395 g/mol. The summed E-state index contributed by atoms with van der Waals surface area (Å²) in [6.45, 7) is 0. The zero-order valence-electron chi connectivity index (χ0n) is 12.6. The summed E-state index contributed by atoms with van der Waals surface area (Å²) >= 11 is 16.9. The van der Waals surface area contributed by atoms with E-state index in [2.05, 4.69) is 10.6 Å². The highest BCUT2D eigenvalue weighted by atomic mass is 35.5. The average Bonchev–Trinajstić information content (AvgIpc) is 2.55. The molecule has 0 aromatic heterocycles. The maximum absolute atomic E-state index is 12.2. The molecular formula is C17H12Cl2N2O3S. The molecule has 3 N–H and O–H groups in total. The van der Waals surface area contributed by atoms with Gasteiger partial charge in [-0.1, -0.05) is 35.3 Å². The number of carboxylic acids is 1. The second-order valence-electron chi connectivity index (χ2n) is 4.83. The Bertz CT molecular complexity index is 869. The number of carbonyl (C=O) groups excluding carboxylic acids is 1. The normalized spacial score (nSPS) is 10.5. The summed E-state index contributed by atoms with van der Waals surface area (Å²) in [4.78, 5) is 22.8. The van der Waals surface area contributed by atoms with Crippen LogP contribution in [0.5, 0.6) is 0 Å². The predicted octanol–water partition coefficient (Wildman–Crippen LogP) is 4.22. The van der Waals surface area contributed by atoms with Crippen LogP contribution in [-0.2, 0) is 4.79 Å². The Morgan fingerprint density at radius 3 is 2.60 bits per heavy atom. The van der Waals surface area contributed by atoms with Crippen LogP contribution in [-0.4, -0.2) is 22.1 Å². The number of hydrogen-bond donors (Lipinski definition) is 3. The van der Waals surface area contributed by atoms with Crippen molar-refractivity contribution in [2.75, 3.05) is 5.32 Å². The molecule has 128 valence electrons. The Balaban J connectivity index is 2.05. The number of amides is 1. The fourth-order valence-corrected chi connectivity index (χ4v) is 2.48. The lowest BCUT2D eigenvalue weighted by atomic mass is 10.2. The molecule has 0 radical (unpaired) electrons. The van der Waals surface area contributed by atoms with Crippen LogP contribution >= 0.6 is 35.4 Å². The first-order chi connectivity index (χ1) is 11.8. The van der Waals surface area contributed by atoms with Gasteiger partial charge in [0.2, 0.25) is 0 Å². The molecule has 8 heteroatoms. The summed E-state index contributed by atoms with van der Waals surface area (Å²) < 4.78 is 0. The first-order valence-corrected chi connectivity index (χ1v) is 8.10. The molecular weight excluding hydrogens is 383 g/mol. The van der Waals surface area contributed by atoms with Gasteiger partial charge in [0.1, 0.15) is 0 Å². The van der Waals surface area contributed by atoms with Gasteiger partial charge in [-0.3, -0.25) is 10.1 Å². The highest BCUT2D eigenvalue weighted by molar-refractivity contribution is 7.80. The summed E-state index contributed by atoms with van der Waals surface area (Å²) in [5, 5.41) is 14.7. The third-order valence-electron chi connectivity index (χ3n) is 2.96. The molecule has 0 atom stereocenters. The molecule has 1 amide bonds.